The summed E-state index contributed by atoms with van der Waals surface area (Å²) in [6.07, 6.45) is 8.37. The van der Waals surface area contributed by atoms with Gasteiger partial charge in [-0.25, -0.2) is 27.8 Å². The number of rotatable bonds is 5. The molecular weight excluding hydrogens is 438 g/mol. The highest BCUT2D eigenvalue weighted by atomic mass is 19.3. The molecule has 4 aromatic heterocycles. The third kappa shape index (κ3) is 5.93. The van der Waals surface area contributed by atoms with Gasteiger partial charge < -0.3 is 11.1 Å². The summed E-state index contributed by atoms with van der Waals surface area (Å²) < 4.78 is 28.4. The van der Waals surface area contributed by atoms with E-state index in [0.717, 1.165) is 16.8 Å². The molecule has 0 bridgehead atoms. The number of aromatic nitrogens is 6. The molecule has 4 heterocycles. The van der Waals surface area contributed by atoms with E-state index in [4.69, 9.17) is 5.73 Å². The van der Waals surface area contributed by atoms with Gasteiger partial charge in [0.2, 0.25) is 12.4 Å². The van der Waals surface area contributed by atoms with Crippen molar-refractivity contribution in [3.8, 4) is 11.1 Å². The summed E-state index contributed by atoms with van der Waals surface area (Å²) >= 11 is 0. The van der Waals surface area contributed by atoms with E-state index in [1.165, 1.54) is 25.6 Å². The number of nitrogens with one attached hydrogen (secondary N) is 1. The highest BCUT2D eigenvalue weighted by Gasteiger charge is 2.28. The van der Waals surface area contributed by atoms with Crippen LogP contribution in [0.1, 0.15) is 45.2 Å². The molecular formula is C24H32F2N8. The van der Waals surface area contributed by atoms with Crippen LogP contribution in [0.2, 0.25) is 0 Å². The van der Waals surface area contributed by atoms with Crippen LogP contribution >= 0.6 is 0 Å². The van der Waals surface area contributed by atoms with Crippen LogP contribution in [-0.2, 0) is 6.42 Å². The van der Waals surface area contributed by atoms with E-state index < -0.39 is 6.43 Å². The number of hydrogen-bond acceptors (Lipinski definition) is 6. The van der Waals surface area contributed by atoms with Crippen molar-refractivity contribution in [1.82, 2.24) is 34.5 Å². The van der Waals surface area contributed by atoms with Crippen LogP contribution < -0.4 is 11.1 Å². The lowest BCUT2D eigenvalue weighted by molar-refractivity contribution is 0.138. The number of aryl methyl sites for hydroxylation is 1. The number of fused-ring (bicyclic) bond motifs is 2. The Hall–Kier alpha value is -3.40. The lowest BCUT2D eigenvalue weighted by atomic mass is 9.79. The summed E-state index contributed by atoms with van der Waals surface area (Å²) in [6, 6.07) is 5.59. The molecule has 1 saturated carbocycles. The molecule has 0 saturated heterocycles. The van der Waals surface area contributed by atoms with Crippen LogP contribution in [0.25, 0.3) is 22.3 Å². The molecule has 182 valence electrons. The van der Waals surface area contributed by atoms with E-state index in [0.29, 0.717) is 16.7 Å². The van der Waals surface area contributed by atoms with Crippen LogP contribution in [0.4, 0.5) is 14.7 Å². The molecule has 8 nitrogen and oxygen atoms in total. The molecule has 0 aromatic carbocycles. The van der Waals surface area contributed by atoms with E-state index in [1.807, 2.05) is 38.4 Å². The predicted octanol–water partition coefficient (Wildman–Crippen LogP) is 4.56. The number of alkyl halides is 2. The van der Waals surface area contributed by atoms with Crippen molar-refractivity contribution in [2.24, 2.45) is 0 Å². The van der Waals surface area contributed by atoms with Crippen molar-refractivity contribution in [1.29, 1.82) is 0 Å². The molecule has 1 aliphatic carbocycles. The Morgan fingerprint density at radius 2 is 2.00 bits per heavy atom. The Bertz CT molecular complexity index is 1220. The van der Waals surface area contributed by atoms with Crippen molar-refractivity contribution in [3.05, 3.63) is 55.3 Å². The molecule has 4 aromatic rings. The summed E-state index contributed by atoms with van der Waals surface area (Å²) in [4.78, 5) is 8.27. The molecule has 0 radical (unpaired) electrons. The largest absolute Gasteiger partial charge is 0.367 e. The molecule has 1 fully saturated rings. The van der Waals surface area contributed by atoms with Gasteiger partial charge >= 0.3 is 0 Å². The second-order valence-corrected chi connectivity index (χ2v) is 8.42. The molecule has 0 aliphatic heterocycles. The average molecular weight is 471 g/mol. The highest BCUT2D eigenvalue weighted by Crippen LogP contribution is 2.30. The monoisotopic (exact) mass is 470 g/mol. The van der Waals surface area contributed by atoms with Gasteiger partial charge in [0.25, 0.3) is 0 Å². The minimum Gasteiger partial charge on any atom is -0.367 e. The summed E-state index contributed by atoms with van der Waals surface area (Å²) in [7, 11) is 2.04. The number of nitrogens with two attached hydrogens (primary N) is 1. The highest BCUT2D eigenvalue weighted by molar-refractivity contribution is 5.82. The molecule has 0 unspecified atom stereocenters. The normalized spacial score (nSPS) is 14.2. The topological polar surface area (TPSA) is 98.4 Å². The van der Waals surface area contributed by atoms with Crippen LogP contribution in [0.3, 0.4) is 0 Å². The second kappa shape index (κ2) is 11.1. The maximum atomic E-state index is 12.6. The van der Waals surface area contributed by atoms with Gasteiger partial charge in [-0.2, -0.15) is 5.10 Å². The van der Waals surface area contributed by atoms with Gasteiger partial charge in [-0.05, 0) is 64.8 Å². The first kappa shape index (κ1) is 25.2. The summed E-state index contributed by atoms with van der Waals surface area (Å²) in [5.41, 5.74) is 9.79. The molecule has 0 atom stereocenters. The van der Waals surface area contributed by atoms with Gasteiger partial charge in [0, 0.05) is 35.5 Å². The maximum absolute atomic E-state index is 12.6. The maximum Gasteiger partial charge on any atom is 0.239 e. The van der Waals surface area contributed by atoms with Crippen LogP contribution in [0.15, 0.2) is 49.6 Å². The molecule has 0 amide bonds. The SMILES string of the molecule is C=CC.CNC1(C)CCC1.Nc1nc(CCC(F)F)c2c(-c3ccc4ncnn4c3)ccn2n1. The second-order valence-electron chi connectivity index (χ2n) is 8.42. The average Bonchev–Trinajstić information content (AvgIpc) is 3.43. The minimum absolute atomic E-state index is 0.0562. The van der Waals surface area contributed by atoms with Crippen molar-refractivity contribution in [3.63, 3.8) is 0 Å². The Morgan fingerprint density at radius 3 is 2.59 bits per heavy atom. The standard InChI is InChI=1S/C15H13F2N7.C6H13N.C3H6/c16-12(17)3-2-11-14-10(5-6-23(14)22-15(18)21-11)9-1-4-13-19-8-20-24(13)7-9;1-6(7-2)4-3-5-6;1-3-2/h1,4-8,12H,2-3H2,(H2,18,22);7H,3-5H2,1-2H3;3H,1H2,2H3. The van der Waals surface area contributed by atoms with Crippen molar-refractivity contribution >= 4 is 17.1 Å². The number of hydrogen-bond donors (Lipinski definition) is 2. The van der Waals surface area contributed by atoms with Gasteiger partial charge in [-0.3, -0.25) is 0 Å². The minimum atomic E-state index is -2.40. The molecule has 1 aliphatic rings. The lowest BCUT2D eigenvalue weighted by Gasteiger charge is -2.37. The third-order valence-electron chi connectivity index (χ3n) is 5.84. The number of nitrogens with zero attached hydrogens (tertiary/aromatic N) is 6. The van der Waals surface area contributed by atoms with Crippen LogP contribution in [-0.4, -0.2) is 48.2 Å². The summed E-state index contributed by atoms with van der Waals surface area (Å²) in [5.74, 6) is 0.0562. The first-order valence-electron chi connectivity index (χ1n) is 11.3. The van der Waals surface area contributed by atoms with Gasteiger partial charge in [0.15, 0.2) is 5.65 Å². The van der Waals surface area contributed by atoms with Gasteiger partial charge in [0.1, 0.15) is 6.33 Å². The first-order valence-corrected chi connectivity index (χ1v) is 11.3. The zero-order valence-corrected chi connectivity index (χ0v) is 19.9. The number of pyridine rings is 1. The number of halogens is 2. The smallest absolute Gasteiger partial charge is 0.239 e. The van der Waals surface area contributed by atoms with Crippen molar-refractivity contribution < 1.29 is 8.78 Å². The number of anilines is 1. The zero-order valence-electron chi connectivity index (χ0n) is 19.9. The summed E-state index contributed by atoms with van der Waals surface area (Å²) in [6.45, 7) is 7.52. The lowest BCUT2D eigenvalue weighted by Crippen LogP contribution is -2.45. The van der Waals surface area contributed by atoms with E-state index in [-0.39, 0.29) is 18.8 Å². The van der Waals surface area contributed by atoms with Crippen LogP contribution in [0, 0.1) is 0 Å². The van der Waals surface area contributed by atoms with Crippen molar-refractivity contribution in [2.75, 3.05) is 12.8 Å². The zero-order chi connectivity index (χ0) is 24.7. The van der Waals surface area contributed by atoms with Crippen LogP contribution in [0.5, 0.6) is 0 Å². The van der Waals surface area contributed by atoms with E-state index in [2.05, 4.69) is 39.0 Å². The van der Waals surface area contributed by atoms with E-state index in [9.17, 15) is 8.78 Å². The fourth-order valence-electron chi connectivity index (χ4n) is 3.70. The fourth-order valence-corrected chi connectivity index (χ4v) is 3.70. The molecule has 34 heavy (non-hydrogen) atoms. The van der Waals surface area contributed by atoms with Crippen molar-refractivity contribution in [2.45, 2.75) is 57.9 Å². The summed E-state index contributed by atoms with van der Waals surface area (Å²) in [5, 5.41) is 11.5. The fraction of sp³-hybridized carbons (Fsp3) is 0.417. The van der Waals surface area contributed by atoms with Gasteiger partial charge in [-0.1, -0.05) is 6.08 Å². The van der Waals surface area contributed by atoms with Gasteiger partial charge in [0.05, 0.1) is 11.2 Å². The molecule has 10 heteroatoms. The van der Waals surface area contributed by atoms with Gasteiger partial charge in [-0.15, -0.1) is 11.7 Å². The Kier molecular flexibility index (Phi) is 8.27. The molecule has 0 spiro atoms. The number of allylic oxidation sites excluding steroid dienone is 1. The Labute approximate surface area is 197 Å². The first-order chi connectivity index (χ1) is 16.3. The Morgan fingerprint density at radius 1 is 1.26 bits per heavy atom. The van der Waals surface area contributed by atoms with E-state index >= 15 is 0 Å². The molecule has 5 rings (SSSR count). The number of nitrogen functional groups attached to an aromatic ring is 1. The third-order valence-corrected chi connectivity index (χ3v) is 5.84. The molecule has 3 N–H and O–H groups in total. The Balaban J connectivity index is 0.000000272. The quantitative estimate of drug-likeness (QED) is 0.415. The predicted molar refractivity (Wildman–Crippen MR) is 131 cm³/mol. The van der Waals surface area contributed by atoms with E-state index in [1.54, 1.807) is 21.3 Å².